The zero-order valence-electron chi connectivity index (χ0n) is 14.2. The SMILES string of the molecule is CC(=O)N(CCC(=O)Nc1cc(Cl)ccc1Cl)Cc1cccc(C)c1. The lowest BCUT2D eigenvalue weighted by Gasteiger charge is -2.21. The molecule has 0 heterocycles. The molecule has 6 heteroatoms. The van der Waals surface area contributed by atoms with Crippen molar-refractivity contribution in [1.29, 1.82) is 0 Å². The molecule has 2 aromatic rings. The number of aryl methyl sites for hydroxylation is 1. The number of amides is 2. The van der Waals surface area contributed by atoms with Gasteiger partial charge in [0.25, 0.3) is 0 Å². The summed E-state index contributed by atoms with van der Waals surface area (Å²) in [6.45, 7) is 4.31. The van der Waals surface area contributed by atoms with Crippen LogP contribution in [0.15, 0.2) is 42.5 Å². The van der Waals surface area contributed by atoms with Crippen LogP contribution in [0.2, 0.25) is 10.0 Å². The molecule has 0 unspecified atom stereocenters. The van der Waals surface area contributed by atoms with Gasteiger partial charge in [-0.2, -0.15) is 0 Å². The van der Waals surface area contributed by atoms with Gasteiger partial charge in [0.1, 0.15) is 0 Å². The quantitative estimate of drug-likeness (QED) is 0.792. The molecule has 2 rings (SSSR count). The molecule has 1 N–H and O–H groups in total. The molecule has 0 saturated carbocycles. The van der Waals surface area contributed by atoms with Gasteiger partial charge in [-0.15, -0.1) is 0 Å². The highest BCUT2D eigenvalue weighted by molar-refractivity contribution is 6.35. The minimum Gasteiger partial charge on any atom is -0.338 e. The Kier molecular flexibility index (Phi) is 6.85. The first-order valence-electron chi connectivity index (χ1n) is 7.91. The lowest BCUT2D eigenvalue weighted by molar-refractivity contribution is -0.129. The predicted molar refractivity (Wildman–Crippen MR) is 102 cm³/mol. The highest BCUT2D eigenvalue weighted by atomic mass is 35.5. The van der Waals surface area contributed by atoms with E-state index in [-0.39, 0.29) is 18.2 Å². The number of carbonyl (C=O) groups is 2. The maximum Gasteiger partial charge on any atom is 0.226 e. The molecule has 0 aromatic heterocycles. The largest absolute Gasteiger partial charge is 0.338 e. The van der Waals surface area contributed by atoms with E-state index in [0.717, 1.165) is 11.1 Å². The first-order valence-corrected chi connectivity index (χ1v) is 8.66. The Balaban J connectivity index is 1.95. The van der Waals surface area contributed by atoms with Crippen molar-refractivity contribution >= 4 is 40.7 Å². The smallest absolute Gasteiger partial charge is 0.226 e. The third-order valence-electron chi connectivity index (χ3n) is 3.71. The fourth-order valence-electron chi connectivity index (χ4n) is 2.42. The van der Waals surface area contributed by atoms with Gasteiger partial charge in [-0.05, 0) is 30.7 Å². The van der Waals surface area contributed by atoms with E-state index in [1.54, 1.807) is 23.1 Å². The van der Waals surface area contributed by atoms with E-state index < -0.39 is 0 Å². The molecular weight excluding hydrogens is 359 g/mol. The third-order valence-corrected chi connectivity index (χ3v) is 4.28. The number of nitrogens with zero attached hydrogens (tertiary/aromatic N) is 1. The fraction of sp³-hybridized carbons (Fsp3) is 0.263. The Bertz CT molecular complexity index is 778. The maximum absolute atomic E-state index is 12.2. The monoisotopic (exact) mass is 378 g/mol. The number of hydrogen-bond donors (Lipinski definition) is 1. The standard InChI is InChI=1S/C19H20Cl2N2O2/c1-13-4-3-5-15(10-13)12-23(14(2)24)9-8-19(25)22-18-11-16(20)6-7-17(18)21/h3-7,10-11H,8-9,12H2,1-2H3,(H,22,25). The van der Waals surface area contributed by atoms with Gasteiger partial charge in [0.2, 0.25) is 11.8 Å². The number of hydrogen-bond acceptors (Lipinski definition) is 2. The van der Waals surface area contributed by atoms with Crippen LogP contribution in [-0.4, -0.2) is 23.3 Å². The Morgan fingerprint density at radius 2 is 1.88 bits per heavy atom. The molecule has 2 aromatic carbocycles. The van der Waals surface area contributed by atoms with Crippen LogP contribution in [0.25, 0.3) is 0 Å². The van der Waals surface area contributed by atoms with Gasteiger partial charge < -0.3 is 10.2 Å². The molecule has 0 radical (unpaired) electrons. The lowest BCUT2D eigenvalue weighted by Crippen LogP contribution is -2.31. The van der Waals surface area contributed by atoms with Crippen molar-refractivity contribution in [3.8, 4) is 0 Å². The summed E-state index contributed by atoms with van der Waals surface area (Å²) >= 11 is 11.9. The van der Waals surface area contributed by atoms with Crippen molar-refractivity contribution in [2.75, 3.05) is 11.9 Å². The second kappa shape index (κ2) is 8.88. The molecule has 0 aliphatic rings. The highest BCUT2D eigenvalue weighted by Crippen LogP contribution is 2.25. The van der Waals surface area contributed by atoms with Crippen molar-refractivity contribution < 1.29 is 9.59 Å². The molecule has 4 nitrogen and oxygen atoms in total. The lowest BCUT2D eigenvalue weighted by atomic mass is 10.1. The third kappa shape index (κ3) is 6.07. The Morgan fingerprint density at radius 1 is 1.12 bits per heavy atom. The van der Waals surface area contributed by atoms with Crippen LogP contribution in [0.1, 0.15) is 24.5 Å². The molecular formula is C19H20Cl2N2O2. The minimum absolute atomic E-state index is 0.0740. The second-order valence-corrected chi connectivity index (χ2v) is 6.70. The Labute approximate surface area is 157 Å². The molecule has 0 bridgehead atoms. The van der Waals surface area contributed by atoms with Crippen LogP contribution in [0.4, 0.5) is 5.69 Å². The van der Waals surface area contributed by atoms with Gasteiger partial charge in [-0.1, -0.05) is 53.0 Å². The van der Waals surface area contributed by atoms with Crippen LogP contribution < -0.4 is 5.32 Å². The zero-order valence-corrected chi connectivity index (χ0v) is 15.7. The van der Waals surface area contributed by atoms with E-state index in [1.807, 2.05) is 31.2 Å². The molecule has 0 spiro atoms. The predicted octanol–water partition coefficient (Wildman–Crippen LogP) is 4.68. The van der Waals surface area contributed by atoms with Crippen LogP contribution in [0, 0.1) is 6.92 Å². The van der Waals surface area contributed by atoms with E-state index in [9.17, 15) is 9.59 Å². The van der Waals surface area contributed by atoms with Crippen molar-refractivity contribution in [2.24, 2.45) is 0 Å². The Hall–Kier alpha value is -2.04. The summed E-state index contributed by atoms with van der Waals surface area (Å²) in [5, 5.41) is 3.63. The van der Waals surface area contributed by atoms with Gasteiger partial charge in [-0.3, -0.25) is 9.59 Å². The van der Waals surface area contributed by atoms with Gasteiger partial charge in [0.05, 0.1) is 10.7 Å². The second-order valence-electron chi connectivity index (χ2n) is 5.85. The van der Waals surface area contributed by atoms with Gasteiger partial charge in [-0.25, -0.2) is 0 Å². The maximum atomic E-state index is 12.2. The zero-order chi connectivity index (χ0) is 18.4. The highest BCUT2D eigenvalue weighted by Gasteiger charge is 2.13. The average Bonchev–Trinajstić information content (AvgIpc) is 2.54. The van der Waals surface area contributed by atoms with Crippen LogP contribution in [0.5, 0.6) is 0 Å². The van der Waals surface area contributed by atoms with E-state index in [4.69, 9.17) is 23.2 Å². The number of nitrogens with one attached hydrogen (secondary N) is 1. The minimum atomic E-state index is -0.223. The molecule has 0 aliphatic heterocycles. The molecule has 0 saturated heterocycles. The van der Waals surface area contributed by atoms with Crippen molar-refractivity contribution in [3.05, 3.63) is 63.6 Å². The van der Waals surface area contributed by atoms with E-state index in [0.29, 0.717) is 28.8 Å². The van der Waals surface area contributed by atoms with Crippen molar-refractivity contribution in [3.63, 3.8) is 0 Å². The molecule has 132 valence electrons. The molecule has 2 amide bonds. The van der Waals surface area contributed by atoms with Crippen molar-refractivity contribution in [1.82, 2.24) is 4.90 Å². The number of rotatable bonds is 6. The van der Waals surface area contributed by atoms with Crippen LogP contribution in [-0.2, 0) is 16.1 Å². The summed E-state index contributed by atoms with van der Waals surface area (Å²) < 4.78 is 0. The molecule has 0 fully saturated rings. The Morgan fingerprint density at radius 3 is 2.56 bits per heavy atom. The topological polar surface area (TPSA) is 49.4 Å². The summed E-state index contributed by atoms with van der Waals surface area (Å²) in [4.78, 5) is 25.7. The number of benzene rings is 2. The summed E-state index contributed by atoms with van der Waals surface area (Å²) in [5.41, 5.74) is 2.63. The normalized spacial score (nSPS) is 10.4. The van der Waals surface area contributed by atoms with E-state index in [2.05, 4.69) is 5.32 Å². The summed E-state index contributed by atoms with van der Waals surface area (Å²) in [6, 6.07) is 12.8. The number of carbonyl (C=O) groups excluding carboxylic acids is 2. The first kappa shape index (κ1) is 19.3. The number of halogens is 2. The van der Waals surface area contributed by atoms with Gasteiger partial charge in [0.15, 0.2) is 0 Å². The summed E-state index contributed by atoms with van der Waals surface area (Å²) in [6.07, 6.45) is 0.175. The first-order chi connectivity index (χ1) is 11.8. The van der Waals surface area contributed by atoms with Crippen molar-refractivity contribution in [2.45, 2.75) is 26.8 Å². The molecule has 25 heavy (non-hydrogen) atoms. The number of anilines is 1. The molecule has 0 atom stereocenters. The average molecular weight is 379 g/mol. The molecule has 0 aliphatic carbocycles. The van der Waals surface area contributed by atoms with Gasteiger partial charge in [0, 0.05) is 31.5 Å². The van der Waals surface area contributed by atoms with Crippen LogP contribution >= 0.6 is 23.2 Å². The van der Waals surface area contributed by atoms with Gasteiger partial charge >= 0.3 is 0 Å². The summed E-state index contributed by atoms with van der Waals surface area (Å²) in [5.74, 6) is -0.297. The van der Waals surface area contributed by atoms with E-state index in [1.165, 1.54) is 6.92 Å². The summed E-state index contributed by atoms with van der Waals surface area (Å²) in [7, 11) is 0. The van der Waals surface area contributed by atoms with Crippen LogP contribution in [0.3, 0.4) is 0 Å². The fourth-order valence-corrected chi connectivity index (χ4v) is 2.76. The van der Waals surface area contributed by atoms with E-state index >= 15 is 0 Å².